The van der Waals surface area contributed by atoms with Gasteiger partial charge in [0, 0.05) is 12.3 Å². The molecule has 24 heavy (non-hydrogen) atoms. The second-order valence-electron chi connectivity index (χ2n) is 5.58. The molecule has 5 atom stereocenters. The number of nitrogens with one attached hydrogen (secondary N) is 1. The van der Waals surface area contributed by atoms with Crippen LogP contribution in [0.15, 0.2) is 21.9 Å². The predicted octanol–water partition coefficient (Wildman–Crippen LogP) is -3.30. The van der Waals surface area contributed by atoms with E-state index in [9.17, 15) is 34.8 Å². The summed E-state index contributed by atoms with van der Waals surface area (Å²) in [5.74, 6) is -5.62. The van der Waals surface area contributed by atoms with Crippen molar-refractivity contribution in [3.8, 4) is 0 Å². The number of carbonyl (C=O) groups is 1. The smallest absolute Gasteiger partial charge is 0.331 e. The summed E-state index contributed by atoms with van der Waals surface area (Å²) < 4.78 is 5.85. The number of hydrogen-bond donors (Lipinski definition) is 6. The lowest BCUT2D eigenvalue weighted by Crippen LogP contribution is -2.69. The Bertz CT molecular complexity index is 745. The number of carboxylic acids is 1. The van der Waals surface area contributed by atoms with E-state index in [1.165, 1.54) is 6.92 Å². The average Bonchev–Trinajstić information content (AvgIpc) is 2.69. The van der Waals surface area contributed by atoms with Crippen molar-refractivity contribution in [1.29, 1.82) is 0 Å². The third kappa shape index (κ3) is 2.37. The second kappa shape index (κ2) is 6.11. The number of H-pyrrole nitrogens is 1. The molecule has 7 N–H and O–H groups in total. The third-order valence-corrected chi connectivity index (χ3v) is 4.31. The molecule has 0 saturated carbocycles. The quantitative estimate of drug-likeness (QED) is 0.317. The van der Waals surface area contributed by atoms with Crippen molar-refractivity contribution in [3.63, 3.8) is 0 Å². The van der Waals surface area contributed by atoms with Gasteiger partial charge in [0.15, 0.2) is 5.60 Å². The fourth-order valence-electron chi connectivity index (χ4n) is 3.08. The van der Waals surface area contributed by atoms with E-state index in [1.807, 2.05) is 4.98 Å². The molecule has 1 fully saturated rings. The minimum absolute atomic E-state index is 0.151. The fraction of sp³-hybridized carbons (Fsp3) is 0.615. The Morgan fingerprint density at radius 3 is 2.62 bits per heavy atom. The van der Waals surface area contributed by atoms with Gasteiger partial charge in [-0.05, 0) is 6.42 Å². The van der Waals surface area contributed by atoms with E-state index in [0.717, 1.165) is 12.3 Å². The zero-order valence-corrected chi connectivity index (χ0v) is 12.7. The van der Waals surface area contributed by atoms with E-state index in [0.29, 0.717) is 4.57 Å². The van der Waals surface area contributed by atoms with E-state index < -0.39 is 53.4 Å². The molecule has 0 bridgehead atoms. The summed E-state index contributed by atoms with van der Waals surface area (Å²) in [6.45, 7) is 0.655. The highest BCUT2D eigenvalue weighted by Crippen LogP contribution is 2.45. The minimum atomic E-state index is -2.65. The van der Waals surface area contributed by atoms with Crippen LogP contribution < -0.4 is 17.0 Å². The van der Waals surface area contributed by atoms with Gasteiger partial charge < -0.3 is 25.2 Å². The Balaban J connectivity index is 2.74. The Morgan fingerprint density at radius 2 is 2.17 bits per heavy atom. The summed E-state index contributed by atoms with van der Waals surface area (Å²) >= 11 is 0. The van der Waals surface area contributed by atoms with Gasteiger partial charge in [0.2, 0.25) is 5.85 Å². The first kappa shape index (κ1) is 18.3. The third-order valence-electron chi connectivity index (χ3n) is 4.31. The van der Waals surface area contributed by atoms with Crippen LogP contribution in [0.4, 0.5) is 0 Å². The molecule has 2 heterocycles. The molecular formula is C13H19N3O8. The number of aliphatic carboxylic acids is 1. The number of aliphatic hydroxyl groups excluding tert-OH is 2. The van der Waals surface area contributed by atoms with E-state index >= 15 is 0 Å². The molecule has 1 aromatic rings. The van der Waals surface area contributed by atoms with Crippen molar-refractivity contribution in [1.82, 2.24) is 9.55 Å². The van der Waals surface area contributed by atoms with Crippen LogP contribution in [-0.2, 0) is 15.4 Å². The number of hydrogen-bond acceptors (Lipinski definition) is 8. The van der Waals surface area contributed by atoms with E-state index in [-0.39, 0.29) is 6.42 Å². The average molecular weight is 345 g/mol. The first-order chi connectivity index (χ1) is 11.1. The maximum Gasteiger partial charge on any atom is 0.331 e. The van der Waals surface area contributed by atoms with Crippen LogP contribution in [0.25, 0.3) is 0 Å². The molecule has 0 aliphatic carbocycles. The maximum atomic E-state index is 12.0. The Hall–Kier alpha value is -2.05. The molecule has 11 heteroatoms. The molecule has 11 nitrogen and oxygen atoms in total. The Labute approximate surface area is 134 Å². The molecule has 1 saturated heterocycles. The molecule has 1 aliphatic rings. The SMILES string of the molecule is CCC(C(=O)O)[C@@]1(O)[C@H](O)[C@@H](CO)O[C@@]1(N)n1ccc(=O)[nH]c1=O. The van der Waals surface area contributed by atoms with Crippen LogP contribution in [0, 0.1) is 5.92 Å². The number of carboxylic acid groups (broad SMARTS) is 1. The first-order valence-corrected chi connectivity index (χ1v) is 7.16. The van der Waals surface area contributed by atoms with Gasteiger partial charge in [0.1, 0.15) is 12.2 Å². The highest BCUT2D eigenvalue weighted by Gasteiger charge is 2.69. The molecule has 0 radical (unpaired) electrons. The van der Waals surface area contributed by atoms with Gasteiger partial charge in [-0.1, -0.05) is 6.92 Å². The highest BCUT2D eigenvalue weighted by molar-refractivity contribution is 5.72. The topological polar surface area (TPSA) is 188 Å². The highest BCUT2D eigenvalue weighted by atomic mass is 16.6. The second-order valence-corrected chi connectivity index (χ2v) is 5.58. The van der Waals surface area contributed by atoms with Crippen LogP contribution >= 0.6 is 0 Å². The summed E-state index contributed by atoms with van der Waals surface area (Å²) in [5.41, 5.74) is 1.55. The first-order valence-electron chi connectivity index (χ1n) is 7.16. The molecule has 1 unspecified atom stereocenters. The lowest BCUT2D eigenvalue weighted by molar-refractivity contribution is -0.223. The Morgan fingerprint density at radius 1 is 1.54 bits per heavy atom. The zero-order valence-electron chi connectivity index (χ0n) is 12.7. The van der Waals surface area contributed by atoms with Crippen LogP contribution in [0.3, 0.4) is 0 Å². The molecule has 1 aliphatic heterocycles. The van der Waals surface area contributed by atoms with Crippen LogP contribution in [0.2, 0.25) is 0 Å². The van der Waals surface area contributed by atoms with Crippen molar-refractivity contribution in [2.24, 2.45) is 11.7 Å². The van der Waals surface area contributed by atoms with Gasteiger partial charge in [-0.15, -0.1) is 0 Å². The monoisotopic (exact) mass is 345 g/mol. The standard InChI is InChI=1S/C13H19N3O8/c1-2-6(10(20)21)12(23)9(19)7(5-17)24-13(12,14)16-4-3-8(18)15-11(16)22/h3-4,6-7,9,17,19,23H,2,5,14H2,1H3,(H,20,21)(H,15,18,22)/t6?,7-,9-,12-,13+/m1/s1. The fourth-order valence-corrected chi connectivity index (χ4v) is 3.08. The summed E-state index contributed by atoms with van der Waals surface area (Å²) in [4.78, 5) is 36.7. The molecule has 2 rings (SSSR count). The number of aromatic amines is 1. The number of aliphatic hydroxyl groups is 3. The predicted molar refractivity (Wildman–Crippen MR) is 77.8 cm³/mol. The number of nitrogens with zero attached hydrogens (tertiary/aromatic N) is 1. The summed E-state index contributed by atoms with van der Waals surface area (Å²) in [6.07, 6.45) is -2.58. The summed E-state index contributed by atoms with van der Waals surface area (Å²) in [7, 11) is 0. The number of ether oxygens (including phenoxy) is 1. The van der Waals surface area contributed by atoms with Gasteiger partial charge in [-0.25, -0.2) is 4.79 Å². The van der Waals surface area contributed by atoms with Crippen LogP contribution in [0.5, 0.6) is 0 Å². The van der Waals surface area contributed by atoms with E-state index in [1.54, 1.807) is 0 Å². The van der Waals surface area contributed by atoms with Crippen LogP contribution in [-0.4, -0.2) is 60.4 Å². The van der Waals surface area contributed by atoms with Crippen LogP contribution in [0.1, 0.15) is 13.3 Å². The van der Waals surface area contributed by atoms with Gasteiger partial charge in [-0.2, -0.15) is 0 Å². The summed E-state index contributed by atoms with van der Waals surface area (Å²) in [5, 5.41) is 40.0. The lowest BCUT2D eigenvalue weighted by atomic mass is 9.77. The van der Waals surface area contributed by atoms with Gasteiger partial charge in [-0.3, -0.25) is 24.9 Å². The zero-order chi connectivity index (χ0) is 18.3. The van der Waals surface area contributed by atoms with Gasteiger partial charge in [0.05, 0.1) is 12.5 Å². The molecular weight excluding hydrogens is 326 g/mol. The molecule has 0 spiro atoms. The molecule has 1 aromatic heterocycles. The van der Waals surface area contributed by atoms with Crippen molar-refractivity contribution >= 4 is 5.97 Å². The Kier molecular flexibility index (Phi) is 4.65. The molecule has 0 aromatic carbocycles. The number of rotatable bonds is 5. The minimum Gasteiger partial charge on any atom is -0.481 e. The molecule has 0 amide bonds. The van der Waals surface area contributed by atoms with Crippen molar-refractivity contribution < 1.29 is 30.0 Å². The number of aromatic nitrogens is 2. The van der Waals surface area contributed by atoms with Gasteiger partial charge in [0.25, 0.3) is 5.56 Å². The van der Waals surface area contributed by atoms with Gasteiger partial charge >= 0.3 is 11.7 Å². The van der Waals surface area contributed by atoms with Crippen molar-refractivity contribution in [2.75, 3.05) is 6.61 Å². The van der Waals surface area contributed by atoms with Crippen molar-refractivity contribution in [2.45, 2.75) is 37.0 Å². The number of nitrogens with two attached hydrogens (primary N) is 1. The summed E-state index contributed by atoms with van der Waals surface area (Å²) in [6, 6.07) is 0.917. The van der Waals surface area contributed by atoms with E-state index in [4.69, 9.17) is 10.5 Å². The lowest BCUT2D eigenvalue weighted by Gasteiger charge is -2.42. The normalized spacial score (nSPS) is 34.2. The molecule has 134 valence electrons. The van der Waals surface area contributed by atoms with E-state index in [2.05, 4.69) is 0 Å². The largest absolute Gasteiger partial charge is 0.481 e. The van der Waals surface area contributed by atoms with Crippen molar-refractivity contribution in [3.05, 3.63) is 33.1 Å². The maximum absolute atomic E-state index is 12.0.